The van der Waals surface area contributed by atoms with Gasteiger partial charge in [0.25, 0.3) is 0 Å². The largest absolute Gasteiger partial charge is 0.316 e. The van der Waals surface area contributed by atoms with Gasteiger partial charge in [0.2, 0.25) is 0 Å². The molecule has 2 rings (SSSR count). The average molecular weight is 181 g/mol. The molecule has 0 aromatic carbocycles. The molecule has 1 fully saturated rings. The number of nitrogens with one attached hydrogen (secondary N) is 1. The van der Waals surface area contributed by atoms with Crippen LogP contribution in [0.25, 0.3) is 0 Å². The highest BCUT2D eigenvalue weighted by Gasteiger charge is 2.30. The van der Waals surface area contributed by atoms with E-state index in [0.717, 1.165) is 5.82 Å². The van der Waals surface area contributed by atoms with Crippen molar-refractivity contribution in [2.75, 3.05) is 7.05 Å². The van der Waals surface area contributed by atoms with Gasteiger partial charge in [-0.05, 0) is 25.1 Å². The molecule has 1 aromatic heterocycles. The van der Waals surface area contributed by atoms with Crippen LogP contribution < -0.4 is 5.32 Å². The lowest BCUT2D eigenvalue weighted by Crippen LogP contribution is -2.28. The highest BCUT2D eigenvalue weighted by Crippen LogP contribution is 2.31. The smallest absolute Gasteiger partial charge is 0.179 e. The van der Waals surface area contributed by atoms with Crippen molar-refractivity contribution in [3.05, 3.63) is 5.82 Å². The summed E-state index contributed by atoms with van der Waals surface area (Å²) in [4.78, 5) is 1.53. The van der Waals surface area contributed by atoms with Gasteiger partial charge in [0, 0.05) is 12.0 Å². The zero-order valence-electron chi connectivity index (χ0n) is 8.06. The van der Waals surface area contributed by atoms with Gasteiger partial charge in [-0.25, -0.2) is 0 Å². The lowest BCUT2D eigenvalue weighted by molar-refractivity contribution is 0.501. The Bertz CT molecular complexity index is 282. The molecular formula is C8H15N5. The Hall–Kier alpha value is -0.970. The second-order valence-electron chi connectivity index (χ2n) is 3.57. The van der Waals surface area contributed by atoms with E-state index < -0.39 is 0 Å². The maximum atomic E-state index is 4.25. The third-order valence-electron chi connectivity index (χ3n) is 2.74. The third kappa shape index (κ3) is 1.56. The Morgan fingerprint density at radius 1 is 1.46 bits per heavy atom. The van der Waals surface area contributed by atoms with E-state index in [9.17, 15) is 0 Å². The van der Waals surface area contributed by atoms with Crippen LogP contribution in [0, 0.1) is 0 Å². The van der Waals surface area contributed by atoms with Crippen molar-refractivity contribution in [1.29, 1.82) is 0 Å². The molecule has 1 aromatic rings. The van der Waals surface area contributed by atoms with Gasteiger partial charge in [-0.1, -0.05) is 6.42 Å². The van der Waals surface area contributed by atoms with E-state index in [4.69, 9.17) is 0 Å². The minimum Gasteiger partial charge on any atom is -0.316 e. The van der Waals surface area contributed by atoms with Gasteiger partial charge < -0.3 is 5.32 Å². The van der Waals surface area contributed by atoms with Crippen molar-refractivity contribution in [2.24, 2.45) is 7.05 Å². The second-order valence-corrected chi connectivity index (χ2v) is 3.57. The van der Waals surface area contributed by atoms with E-state index in [0.29, 0.717) is 12.0 Å². The summed E-state index contributed by atoms with van der Waals surface area (Å²) in [6.45, 7) is 0. The highest BCUT2D eigenvalue weighted by atomic mass is 15.6. The molecule has 0 amide bonds. The fraction of sp³-hybridized carbons (Fsp3) is 0.875. The number of nitrogens with zero attached hydrogens (tertiary/aromatic N) is 4. The molecule has 1 aliphatic rings. The van der Waals surface area contributed by atoms with Crippen molar-refractivity contribution in [3.63, 3.8) is 0 Å². The van der Waals surface area contributed by atoms with E-state index in [-0.39, 0.29) is 0 Å². The molecular weight excluding hydrogens is 166 g/mol. The van der Waals surface area contributed by atoms with Crippen LogP contribution in [-0.4, -0.2) is 33.3 Å². The van der Waals surface area contributed by atoms with Crippen molar-refractivity contribution in [3.8, 4) is 0 Å². The number of hydrogen-bond donors (Lipinski definition) is 1. The normalized spacial score (nSPS) is 28.2. The molecule has 2 unspecified atom stereocenters. The maximum absolute atomic E-state index is 4.25. The molecule has 5 nitrogen and oxygen atoms in total. The zero-order chi connectivity index (χ0) is 9.26. The second kappa shape index (κ2) is 3.41. The number of likely N-dealkylation sites (N-methyl/N-ethyl adjacent to an activating group) is 1. The summed E-state index contributed by atoms with van der Waals surface area (Å²) in [5, 5.41) is 15.5. The first-order valence-electron chi connectivity index (χ1n) is 4.72. The highest BCUT2D eigenvalue weighted by molar-refractivity contribution is 5.01. The van der Waals surface area contributed by atoms with E-state index >= 15 is 0 Å². The van der Waals surface area contributed by atoms with E-state index in [1.165, 1.54) is 24.1 Å². The van der Waals surface area contributed by atoms with Crippen molar-refractivity contribution in [2.45, 2.75) is 31.2 Å². The van der Waals surface area contributed by atoms with Gasteiger partial charge in [0.1, 0.15) is 0 Å². The average Bonchev–Trinajstić information content (AvgIpc) is 2.71. The summed E-state index contributed by atoms with van der Waals surface area (Å²) in [6.07, 6.45) is 3.66. The van der Waals surface area contributed by atoms with Crippen LogP contribution in [0.15, 0.2) is 0 Å². The first-order chi connectivity index (χ1) is 6.31. The molecule has 2 atom stereocenters. The van der Waals surface area contributed by atoms with Crippen LogP contribution >= 0.6 is 0 Å². The topological polar surface area (TPSA) is 55.6 Å². The van der Waals surface area contributed by atoms with Gasteiger partial charge in [-0.15, -0.1) is 10.2 Å². The Kier molecular flexibility index (Phi) is 2.26. The lowest BCUT2D eigenvalue weighted by atomic mass is 10.0. The molecule has 0 radical (unpaired) electrons. The molecule has 13 heavy (non-hydrogen) atoms. The minimum absolute atomic E-state index is 0.457. The SMILES string of the molecule is CNC1CCCC1c1nnn(C)n1. The Balaban J connectivity index is 2.15. The van der Waals surface area contributed by atoms with E-state index in [2.05, 4.69) is 20.7 Å². The molecule has 72 valence electrons. The fourth-order valence-corrected chi connectivity index (χ4v) is 2.06. The summed E-state index contributed by atoms with van der Waals surface area (Å²) in [7, 11) is 3.80. The van der Waals surface area contributed by atoms with Crippen molar-refractivity contribution >= 4 is 0 Å². The Morgan fingerprint density at radius 3 is 2.92 bits per heavy atom. The van der Waals surface area contributed by atoms with Crippen LogP contribution in [0.2, 0.25) is 0 Å². The van der Waals surface area contributed by atoms with Crippen LogP contribution in [-0.2, 0) is 7.05 Å². The predicted molar refractivity (Wildman–Crippen MR) is 48.2 cm³/mol. The molecule has 1 aliphatic carbocycles. The van der Waals surface area contributed by atoms with E-state index in [1.807, 2.05) is 7.05 Å². The quantitative estimate of drug-likeness (QED) is 0.701. The number of aryl methyl sites for hydroxylation is 1. The number of rotatable bonds is 2. The maximum Gasteiger partial charge on any atom is 0.179 e. The molecule has 5 heteroatoms. The monoisotopic (exact) mass is 181 g/mol. The molecule has 1 saturated carbocycles. The number of aromatic nitrogens is 4. The summed E-state index contributed by atoms with van der Waals surface area (Å²) < 4.78 is 0. The summed E-state index contributed by atoms with van der Waals surface area (Å²) >= 11 is 0. The first-order valence-corrected chi connectivity index (χ1v) is 4.72. The van der Waals surface area contributed by atoms with Crippen LogP contribution in [0.5, 0.6) is 0 Å². The van der Waals surface area contributed by atoms with Gasteiger partial charge >= 0.3 is 0 Å². The van der Waals surface area contributed by atoms with Gasteiger partial charge in [0.05, 0.1) is 7.05 Å². The number of tetrazole rings is 1. The molecule has 1 N–H and O–H groups in total. The predicted octanol–water partition coefficient (Wildman–Crippen LogP) is 0.0656. The Morgan fingerprint density at radius 2 is 2.31 bits per heavy atom. The van der Waals surface area contributed by atoms with Gasteiger partial charge in [-0.2, -0.15) is 4.80 Å². The van der Waals surface area contributed by atoms with Crippen LogP contribution in [0.1, 0.15) is 31.0 Å². The summed E-state index contributed by atoms with van der Waals surface area (Å²) in [5.41, 5.74) is 0. The van der Waals surface area contributed by atoms with Crippen LogP contribution in [0.4, 0.5) is 0 Å². The molecule has 0 saturated heterocycles. The van der Waals surface area contributed by atoms with Gasteiger partial charge in [-0.3, -0.25) is 0 Å². The third-order valence-corrected chi connectivity index (χ3v) is 2.74. The molecule has 0 aliphatic heterocycles. The first kappa shape index (κ1) is 8.62. The van der Waals surface area contributed by atoms with Crippen molar-refractivity contribution in [1.82, 2.24) is 25.5 Å². The van der Waals surface area contributed by atoms with Crippen LogP contribution in [0.3, 0.4) is 0 Å². The summed E-state index contributed by atoms with van der Waals surface area (Å²) in [6, 6.07) is 0.532. The molecule has 0 bridgehead atoms. The summed E-state index contributed by atoms with van der Waals surface area (Å²) in [5.74, 6) is 1.35. The zero-order valence-corrected chi connectivity index (χ0v) is 8.06. The standard InChI is InChI=1S/C8H15N5/c1-9-7-5-3-4-6(7)8-10-12-13(2)11-8/h6-7,9H,3-5H2,1-2H3. The fourth-order valence-electron chi connectivity index (χ4n) is 2.06. The minimum atomic E-state index is 0.457. The Labute approximate surface area is 77.5 Å². The number of hydrogen-bond acceptors (Lipinski definition) is 4. The lowest BCUT2D eigenvalue weighted by Gasteiger charge is -2.14. The van der Waals surface area contributed by atoms with E-state index in [1.54, 1.807) is 7.05 Å². The molecule has 0 spiro atoms. The molecule has 1 heterocycles. The van der Waals surface area contributed by atoms with Crippen molar-refractivity contribution < 1.29 is 0 Å². The van der Waals surface area contributed by atoms with Gasteiger partial charge in [0.15, 0.2) is 5.82 Å².